The van der Waals surface area contributed by atoms with Gasteiger partial charge in [-0.1, -0.05) is 0 Å². The molecule has 0 bridgehead atoms. The van der Waals surface area contributed by atoms with Crippen LogP contribution >= 0.6 is 0 Å². The van der Waals surface area contributed by atoms with Crippen LogP contribution in [0.4, 0.5) is 0 Å². The molecule has 2 heterocycles. The van der Waals surface area contributed by atoms with E-state index in [0.29, 0.717) is 27.8 Å². The van der Waals surface area contributed by atoms with Crippen molar-refractivity contribution >= 4 is 15.9 Å². The number of carbonyl (C=O) groups excluding carboxylic acids is 1. The van der Waals surface area contributed by atoms with Gasteiger partial charge in [-0.2, -0.15) is 0 Å². The molecule has 39 heavy (non-hydrogen) atoms. The van der Waals surface area contributed by atoms with E-state index in [4.69, 9.17) is 4.74 Å². The van der Waals surface area contributed by atoms with Crippen molar-refractivity contribution in [2.24, 2.45) is 5.92 Å². The van der Waals surface area contributed by atoms with Gasteiger partial charge in [0.05, 0.1) is 12.0 Å². The van der Waals surface area contributed by atoms with Gasteiger partial charge in [0.2, 0.25) is 15.9 Å². The lowest BCUT2D eigenvalue weighted by Gasteiger charge is -2.41. The molecule has 3 fully saturated rings. The molecule has 4 rings (SSSR count). The van der Waals surface area contributed by atoms with Crippen molar-refractivity contribution in [1.82, 2.24) is 19.4 Å². The molecule has 1 saturated carbocycles. The number of carbonyl (C=O) groups is 1. The number of hydrogen-bond acceptors (Lipinski definition) is 6. The summed E-state index contributed by atoms with van der Waals surface area (Å²) < 4.78 is 33.0. The molecule has 0 atom stereocenters. The predicted octanol–water partition coefficient (Wildman–Crippen LogP) is 3.95. The van der Waals surface area contributed by atoms with Gasteiger partial charge in [0.15, 0.2) is 0 Å². The van der Waals surface area contributed by atoms with Crippen LogP contribution in [-0.2, 0) is 14.8 Å². The molecule has 0 radical (unpaired) electrons. The summed E-state index contributed by atoms with van der Waals surface area (Å²) in [4.78, 5) is 18.3. The van der Waals surface area contributed by atoms with E-state index in [0.717, 1.165) is 31.6 Å². The maximum Gasteiger partial charge on any atom is 0.243 e. The highest BCUT2D eigenvalue weighted by atomic mass is 32.2. The molecule has 1 N–H and O–H groups in total. The van der Waals surface area contributed by atoms with Crippen molar-refractivity contribution in [3.05, 3.63) is 23.3 Å². The number of hydrogen-bond donors (Lipinski definition) is 1. The number of sulfonamides is 1. The van der Waals surface area contributed by atoms with Gasteiger partial charge in [0, 0.05) is 32.1 Å². The van der Waals surface area contributed by atoms with Crippen LogP contribution < -0.4 is 10.1 Å². The van der Waals surface area contributed by atoms with Crippen LogP contribution in [0.25, 0.3) is 0 Å². The minimum atomic E-state index is -3.70. The fourth-order valence-corrected chi connectivity index (χ4v) is 8.41. The number of aryl methyl sites for hydroxylation is 2. The third kappa shape index (κ3) is 7.96. The van der Waals surface area contributed by atoms with E-state index >= 15 is 0 Å². The SMILES string of the molecule is COc1cc(C)c(S(=O)(=O)N(C)CCC(=O)N[C@H]2CC[C@@H](N3CCC(CCN4CCCC4)CC3)CC2)c(C)c1. The van der Waals surface area contributed by atoms with Crippen LogP contribution in [0.2, 0.25) is 0 Å². The van der Waals surface area contributed by atoms with Gasteiger partial charge in [0.1, 0.15) is 5.75 Å². The summed E-state index contributed by atoms with van der Waals surface area (Å²) in [6.07, 6.45) is 11.2. The maximum absolute atomic E-state index is 13.2. The molecule has 2 saturated heterocycles. The number of rotatable bonds is 11. The summed E-state index contributed by atoms with van der Waals surface area (Å²) >= 11 is 0. The van der Waals surface area contributed by atoms with E-state index in [9.17, 15) is 13.2 Å². The molecular formula is C30H50N4O4S. The number of likely N-dealkylation sites (tertiary alicyclic amines) is 2. The van der Waals surface area contributed by atoms with E-state index in [1.807, 2.05) is 0 Å². The van der Waals surface area contributed by atoms with E-state index in [2.05, 4.69) is 15.1 Å². The topological polar surface area (TPSA) is 82.2 Å². The van der Waals surface area contributed by atoms with Gasteiger partial charge in [-0.15, -0.1) is 0 Å². The monoisotopic (exact) mass is 562 g/mol. The van der Waals surface area contributed by atoms with Crippen LogP contribution in [0.15, 0.2) is 17.0 Å². The highest BCUT2D eigenvalue weighted by molar-refractivity contribution is 7.89. The number of nitrogens with one attached hydrogen (secondary N) is 1. The van der Waals surface area contributed by atoms with Gasteiger partial charge in [-0.05, 0) is 134 Å². The highest BCUT2D eigenvalue weighted by Crippen LogP contribution is 2.30. The Morgan fingerprint density at radius 1 is 1.00 bits per heavy atom. The van der Waals surface area contributed by atoms with Crippen molar-refractivity contribution in [2.45, 2.75) is 95.0 Å². The first-order valence-corrected chi connectivity index (χ1v) is 16.5. The maximum atomic E-state index is 13.2. The Morgan fingerprint density at radius 3 is 2.21 bits per heavy atom. The van der Waals surface area contributed by atoms with E-state index < -0.39 is 10.0 Å². The van der Waals surface area contributed by atoms with E-state index in [1.165, 1.54) is 69.1 Å². The van der Waals surface area contributed by atoms with Crippen LogP contribution in [-0.4, -0.2) is 93.9 Å². The summed E-state index contributed by atoms with van der Waals surface area (Å²) in [5.41, 5.74) is 1.29. The number of nitrogens with zero attached hydrogens (tertiary/aromatic N) is 3. The van der Waals surface area contributed by atoms with Crippen molar-refractivity contribution in [2.75, 3.05) is 53.4 Å². The van der Waals surface area contributed by atoms with E-state index in [-0.39, 0.29) is 24.9 Å². The number of amides is 1. The third-order valence-electron chi connectivity index (χ3n) is 9.27. The molecule has 0 aromatic heterocycles. The second-order valence-corrected chi connectivity index (χ2v) is 14.0. The first kappa shape index (κ1) is 30.3. The Bertz CT molecular complexity index is 1030. The molecule has 8 nitrogen and oxygen atoms in total. The van der Waals surface area contributed by atoms with Crippen molar-refractivity contribution in [3.8, 4) is 5.75 Å². The fraction of sp³-hybridized carbons (Fsp3) is 0.767. The minimum absolute atomic E-state index is 0.0671. The standard InChI is InChI=1S/C30H50N4O4S/c1-23-21-28(38-4)22-24(2)30(23)39(36,37)32(3)17-14-29(35)31-26-7-9-27(10-8-26)34-19-12-25(13-20-34)11-18-33-15-5-6-16-33/h21-22,25-27H,5-20H2,1-4H3,(H,31,35)/t26-,27+. The summed E-state index contributed by atoms with van der Waals surface area (Å²) in [6, 6.07) is 4.30. The smallest absolute Gasteiger partial charge is 0.243 e. The normalized spacial score (nSPS) is 23.8. The minimum Gasteiger partial charge on any atom is -0.497 e. The Hall–Kier alpha value is -1.68. The van der Waals surface area contributed by atoms with Gasteiger partial charge >= 0.3 is 0 Å². The zero-order valence-electron chi connectivity index (χ0n) is 24.6. The number of ether oxygens (including phenoxy) is 1. The van der Waals surface area contributed by atoms with Crippen LogP contribution in [0.1, 0.15) is 75.3 Å². The van der Waals surface area contributed by atoms with Crippen molar-refractivity contribution in [3.63, 3.8) is 0 Å². The quantitative estimate of drug-likeness (QED) is 0.440. The van der Waals surface area contributed by atoms with Crippen molar-refractivity contribution in [1.29, 1.82) is 0 Å². The van der Waals surface area contributed by atoms with Gasteiger partial charge in [-0.25, -0.2) is 12.7 Å². The summed E-state index contributed by atoms with van der Waals surface area (Å²) in [7, 11) is -0.579. The lowest BCUT2D eigenvalue weighted by Crippen LogP contribution is -2.47. The molecular weight excluding hydrogens is 512 g/mol. The van der Waals surface area contributed by atoms with Crippen LogP contribution in [0.3, 0.4) is 0 Å². The van der Waals surface area contributed by atoms with Gasteiger partial charge in [-0.3, -0.25) is 4.79 Å². The largest absolute Gasteiger partial charge is 0.497 e. The van der Waals surface area contributed by atoms with Crippen molar-refractivity contribution < 1.29 is 17.9 Å². The number of piperidine rings is 1. The molecule has 2 aliphatic heterocycles. The molecule has 1 aliphatic carbocycles. The second kappa shape index (κ2) is 13.8. The molecule has 1 aromatic rings. The molecule has 1 amide bonds. The molecule has 0 unspecified atom stereocenters. The van der Waals surface area contributed by atoms with Crippen LogP contribution in [0, 0.1) is 19.8 Å². The average Bonchev–Trinajstić information content (AvgIpc) is 3.44. The molecule has 9 heteroatoms. The third-order valence-corrected chi connectivity index (χ3v) is 11.4. The number of benzene rings is 1. The molecule has 0 spiro atoms. The van der Waals surface area contributed by atoms with Gasteiger partial charge < -0.3 is 19.9 Å². The first-order chi connectivity index (χ1) is 18.7. The molecule has 220 valence electrons. The zero-order chi connectivity index (χ0) is 28.0. The molecule has 1 aromatic carbocycles. The Labute approximate surface area is 236 Å². The highest BCUT2D eigenvalue weighted by Gasteiger charge is 2.30. The number of methoxy groups -OCH3 is 1. The zero-order valence-corrected chi connectivity index (χ0v) is 25.4. The summed E-state index contributed by atoms with van der Waals surface area (Å²) in [5.74, 6) is 1.46. The Morgan fingerprint density at radius 2 is 1.62 bits per heavy atom. The second-order valence-electron chi connectivity index (χ2n) is 12.1. The van der Waals surface area contributed by atoms with Crippen LogP contribution in [0.5, 0.6) is 5.75 Å². The average molecular weight is 563 g/mol. The lowest BCUT2D eigenvalue weighted by molar-refractivity contribution is -0.122. The summed E-state index contributed by atoms with van der Waals surface area (Å²) in [6.45, 7) is 10.0. The first-order valence-electron chi connectivity index (χ1n) is 15.0. The Kier molecular flexibility index (Phi) is 10.7. The fourth-order valence-electron chi connectivity index (χ4n) is 6.83. The summed E-state index contributed by atoms with van der Waals surface area (Å²) in [5, 5.41) is 3.18. The predicted molar refractivity (Wildman–Crippen MR) is 156 cm³/mol. The van der Waals surface area contributed by atoms with E-state index in [1.54, 1.807) is 40.1 Å². The van der Waals surface area contributed by atoms with Gasteiger partial charge in [0.25, 0.3) is 0 Å². The molecule has 3 aliphatic rings. The Balaban J connectivity index is 1.15. The lowest BCUT2D eigenvalue weighted by atomic mass is 9.87.